The lowest BCUT2D eigenvalue weighted by atomic mass is 10.0. The van der Waals surface area contributed by atoms with E-state index in [0.29, 0.717) is 6.54 Å². The van der Waals surface area contributed by atoms with Crippen molar-refractivity contribution >= 4 is 20.8 Å². The van der Waals surface area contributed by atoms with Crippen molar-refractivity contribution in [2.75, 3.05) is 27.7 Å². The van der Waals surface area contributed by atoms with Crippen molar-refractivity contribution in [3.63, 3.8) is 0 Å². The third kappa shape index (κ3) is 2.69. The van der Waals surface area contributed by atoms with Crippen LogP contribution in [0, 0.1) is 0 Å². The van der Waals surface area contributed by atoms with Gasteiger partial charge >= 0.3 is 0 Å². The first-order valence-corrected chi connectivity index (χ1v) is 9.48. The van der Waals surface area contributed by atoms with Crippen molar-refractivity contribution in [2.45, 2.75) is 37.2 Å². The van der Waals surface area contributed by atoms with Gasteiger partial charge in [-0.1, -0.05) is 0 Å². The summed E-state index contributed by atoms with van der Waals surface area (Å²) in [7, 11) is 3.38. The van der Waals surface area contributed by atoms with Crippen molar-refractivity contribution < 1.29 is 4.21 Å². The zero-order valence-corrected chi connectivity index (χ0v) is 15.4. The molecule has 2 heterocycles. The Bertz CT molecular complexity index is 857. The molecule has 0 saturated heterocycles. The predicted molar refractivity (Wildman–Crippen MR) is 96.2 cm³/mol. The number of fused-ring (bicyclic) bond motifs is 3. The normalized spacial score (nSPS) is 21.7. The van der Waals surface area contributed by atoms with Crippen molar-refractivity contribution in [3.8, 4) is 0 Å². The maximum absolute atomic E-state index is 12.9. The molecule has 0 aliphatic carbocycles. The first-order valence-electron chi connectivity index (χ1n) is 7.96. The first-order chi connectivity index (χ1) is 10.8. The zero-order valence-electron chi connectivity index (χ0n) is 14.6. The second kappa shape index (κ2) is 5.61. The fraction of sp³-hybridized carbons (Fsp3) is 0.529. The minimum absolute atomic E-state index is 0.0652. The van der Waals surface area contributed by atoms with E-state index in [9.17, 15) is 4.21 Å². The van der Waals surface area contributed by atoms with Crippen LogP contribution >= 0.6 is 0 Å². The number of benzene rings is 1. The Morgan fingerprint density at radius 3 is 2.74 bits per heavy atom. The molecular weight excluding hydrogens is 308 g/mol. The molecule has 6 heteroatoms. The Labute approximate surface area is 139 Å². The quantitative estimate of drug-likeness (QED) is 0.937. The smallest absolute Gasteiger partial charge is 0.137 e. The SMILES string of the molecule is CN=S1(=O)NCCc2c1ccc1c2ccn1CC(C)(C)N(C)C. The minimum atomic E-state index is -2.46. The summed E-state index contributed by atoms with van der Waals surface area (Å²) in [4.78, 5) is 3.09. The molecule has 0 bridgehead atoms. The van der Waals surface area contributed by atoms with Gasteiger partial charge in [0, 0.05) is 42.8 Å². The second-order valence-corrected chi connectivity index (χ2v) is 9.12. The van der Waals surface area contributed by atoms with Crippen LogP contribution in [-0.2, 0) is 22.9 Å². The fourth-order valence-electron chi connectivity index (χ4n) is 3.08. The molecule has 1 atom stereocenters. The third-order valence-electron chi connectivity index (χ3n) is 5.02. The Morgan fingerprint density at radius 1 is 1.35 bits per heavy atom. The van der Waals surface area contributed by atoms with Gasteiger partial charge in [-0.3, -0.25) is 0 Å². The van der Waals surface area contributed by atoms with E-state index in [0.717, 1.165) is 17.9 Å². The van der Waals surface area contributed by atoms with Gasteiger partial charge in [-0.15, -0.1) is 0 Å². The lowest BCUT2D eigenvalue weighted by Crippen LogP contribution is -2.41. The summed E-state index contributed by atoms with van der Waals surface area (Å²) in [6.07, 6.45) is 3.03. The van der Waals surface area contributed by atoms with Crippen LogP contribution in [0.25, 0.3) is 10.9 Å². The van der Waals surface area contributed by atoms with Crippen LogP contribution in [0.3, 0.4) is 0 Å². The molecule has 126 valence electrons. The van der Waals surface area contributed by atoms with Crippen LogP contribution < -0.4 is 4.72 Å². The summed E-state index contributed by atoms with van der Waals surface area (Å²) in [5.41, 5.74) is 2.45. The Hall–Kier alpha value is -1.37. The molecule has 1 unspecified atom stereocenters. The highest BCUT2D eigenvalue weighted by Gasteiger charge is 2.25. The lowest BCUT2D eigenvalue weighted by Gasteiger charge is -2.33. The lowest BCUT2D eigenvalue weighted by molar-refractivity contribution is 0.171. The fourth-order valence-corrected chi connectivity index (χ4v) is 4.74. The first kappa shape index (κ1) is 16.5. The van der Waals surface area contributed by atoms with E-state index in [1.807, 2.05) is 6.07 Å². The average Bonchev–Trinajstić information content (AvgIpc) is 2.90. The number of nitrogens with one attached hydrogen (secondary N) is 1. The Balaban J connectivity index is 2.13. The summed E-state index contributed by atoms with van der Waals surface area (Å²) >= 11 is 0. The van der Waals surface area contributed by atoms with Crippen LogP contribution in [0.1, 0.15) is 19.4 Å². The van der Waals surface area contributed by atoms with E-state index < -0.39 is 9.92 Å². The standard InChI is InChI=1S/C17H26N4OS/c1-17(2,20(4)5)12-21-11-9-13-14-8-10-19-23(22,18-3)16(14)7-6-15(13)21/h6-7,9,11H,8,10,12H2,1-5H3,(H,18,19,22). The van der Waals surface area contributed by atoms with Crippen LogP contribution in [-0.4, -0.2) is 46.9 Å². The van der Waals surface area contributed by atoms with E-state index in [4.69, 9.17) is 0 Å². The summed E-state index contributed by atoms with van der Waals surface area (Å²) < 4.78 is 22.4. The van der Waals surface area contributed by atoms with Crippen LogP contribution in [0.5, 0.6) is 0 Å². The molecule has 0 radical (unpaired) electrons. The molecule has 3 rings (SSSR count). The van der Waals surface area contributed by atoms with E-state index >= 15 is 0 Å². The van der Waals surface area contributed by atoms with Crippen LogP contribution in [0.15, 0.2) is 33.7 Å². The largest absolute Gasteiger partial charge is 0.346 e. The van der Waals surface area contributed by atoms with Gasteiger partial charge in [0.05, 0.1) is 4.90 Å². The van der Waals surface area contributed by atoms with Crippen LogP contribution in [0.4, 0.5) is 0 Å². The van der Waals surface area contributed by atoms with Crippen molar-refractivity contribution in [1.82, 2.24) is 14.2 Å². The topological polar surface area (TPSA) is 49.6 Å². The van der Waals surface area contributed by atoms with Crippen LogP contribution in [0.2, 0.25) is 0 Å². The molecule has 0 fully saturated rings. The molecular formula is C17H26N4OS. The van der Waals surface area contributed by atoms with E-state index in [2.05, 4.69) is 64.8 Å². The highest BCUT2D eigenvalue weighted by atomic mass is 32.2. The molecule has 0 saturated carbocycles. The molecule has 1 aromatic carbocycles. The van der Waals surface area contributed by atoms with Gasteiger partial charge in [-0.25, -0.2) is 13.3 Å². The molecule has 2 aromatic rings. The van der Waals surface area contributed by atoms with E-state index in [1.54, 1.807) is 7.05 Å². The number of likely N-dealkylation sites (N-methyl/N-ethyl adjacent to an activating group) is 1. The molecule has 1 N–H and O–H groups in total. The van der Waals surface area contributed by atoms with Gasteiger partial charge in [0.1, 0.15) is 9.92 Å². The highest BCUT2D eigenvalue weighted by molar-refractivity contribution is 7.91. The minimum Gasteiger partial charge on any atom is -0.346 e. The predicted octanol–water partition coefficient (Wildman–Crippen LogP) is 2.50. The second-order valence-electron chi connectivity index (χ2n) is 6.98. The summed E-state index contributed by atoms with van der Waals surface area (Å²) in [5.74, 6) is 0. The monoisotopic (exact) mass is 334 g/mol. The molecule has 1 aliphatic rings. The van der Waals surface area contributed by atoms with Gasteiger partial charge in [0.25, 0.3) is 0 Å². The number of hydrogen-bond donors (Lipinski definition) is 1. The van der Waals surface area contributed by atoms with E-state index in [-0.39, 0.29) is 5.54 Å². The van der Waals surface area contributed by atoms with Gasteiger partial charge < -0.3 is 9.47 Å². The van der Waals surface area contributed by atoms with Crippen molar-refractivity contribution in [1.29, 1.82) is 0 Å². The number of rotatable bonds is 3. The van der Waals surface area contributed by atoms with Gasteiger partial charge in [0.2, 0.25) is 0 Å². The third-order valence-corrected chi connectivity index (χ3v) is 7.11. The molecule has 5 nitrogen and oxygen atoms in total. The van der Waals surface area contributed by atoms with Gasteiger partial charge in [0.15, 0.2) is 0 Å². The van der Waals surface area contributed by atoms with Gasteiger partial charge in [-0.05, 0) is 58.1 Å². The highest BCUT2D eigenvalue weighted by Crippen LogP contribution is 2.31. The number of hydrogen-bond acceptors (Lipinski definition) is 3. The summed E-state index contributed by atoms with van der Waals surface area (Å²) in [6, 6.07) is 6.22. The number of aromatic nitrogens is 1. The zero-order chi connectivity index (χ0) is 16.8. The molecule has 1 aliphatic heterocycles. The molecule has 0 amide bonds. The summed E-state index contributed by atoms with van der Waals surface area (Å²) in [6.45, 7) is 6.10. The molecule has 0 spiro atoms. The molecule has 23 heavy (non-hydrogen) atoms. The van der Waals surface area contributed by atoms with Crippen molar-refractivity contribution in [2.24, 2.45) is 4.36 Å². The maximum atomic E-state index is 12.9. The molecule has 1 aromatic heterocycles. The number of nitrogens with zero attached hydrogens (tertiary/aromatic N) is 3. The average molecular weight is 334 g/mol. The maximum Gasteiger partial charge on any atom is 0.137 e. The van der Waals surface area contributed by atoms with Gasteiger partial charge in [-0.2, -0.15) is 0 Å². The Kier molecular flexibility index (Phi) is 4.02. The summed E-state index contributed by atoms with van der Waals surface area (Å²) in [5, 5.41) is 1.20. The Morgan fingerprint density at radius 2 is 2.09 bits per heavy atom. The van der Waals surface area contributed by atoms with Crippen molar-refractivity contribution in [3.05, 3.63) is 30.0 Å². The van der Waals surface area contributed by atoms with E-state index in [1.165, 1.54) is 16.5 Å².